The van der Waals surface area contributed by atoms with Crippen LogP contribution in [0.3, 0.4) is 0 Å². The van der Waals surface area contributed by atoms with Crippen molar-refractivity contribution in [1.82, 2.24) is 4.98 Å². The third-order valence-electron chi connectivity index (χ3n) is 5.91. The topological polar surface area (TPSA) is 121 Å². The minimum Gasteiger partial charge on any atom is -0.386 e. The predicted molar refractivity (Wildman–Crippen MR) is 116 cm³/mol. The number of pyridine rings is 1. The van der Waals surface area contributed by atoms with Gasteiger partial charge in [0.1, 0.15) is 28.2 Å². The first-order chi connectivity index (χ1) is 14.9. The molecule has 0 saturated heterocycles. The summed E-state index contributed by atoms with van der Waals surface area (Å²) in [5.41, 5.74) is 7.35. The Kier molecular flexibility index (Phi) is 5.83. The Balaban J connectivity index is 1.57. The van der Waals surface area contributed by atoms with Gasteiger partial charge < -0.3 is 11.1 Å². The Morgan fingerprint density at radius 1 is 1.26 bits per heavy atom. The molecule has 1 aliphatic heterocycles. The highest BCUT2D eigenvalue weighted by Crippen LogP contribution is 2.40. The number of aliphatic imine (C=N–C) groups is 1. The van der Waals surface area contributed by atoms with Gasteiger partial charge in [-0.05, 0) is 43.2 Å². The van der Waals surface area contributed by atoms with Crippen molar-refractivity contribution >= 4 is 28.2 Å². The Hall–Kier alpha value is -3.12. The molecule has 1 aliphatic carbocycles. The number of rotatable bonds is 3. The fourth-order valence-corrected chi connectivity index (χ4v) is 6.06. The smallest absolute Gasteiger partial charge is 0.274 e. The standard InChI is InChI=1S/C22H22FN5O2S/c23-17-6-5-15(27-20(29)18-7-4-14(11-24)12-26-18)10-16(17)19-13-31(30)22(21(25)28-19)8-2-1-3-9-22/h4-7,10,12,19H,1-3,8-9,13H2,(H2,25,28)(H,27,29). The number of amidine groups is 1. The van der Waals surface area contributed by atoms with Crippen LogP contribution in [0.1, 0.15) is 59.8 Å². The first kappa shape index (κ1) is 21.1. The van der Waals surface area contributed by atoms with E-state index < -0.39 is 33.3 Å². The Morgan fingerprint density at radius 3 is 2.68 bits per heavy atom. The molecule has 1 amide bonds. The average Bonchev–Trinajstić information content (AvgIpc) is 2.79. The summed E-state index contributed by atoms with van der Waals surface area (Å²) in [6.07, 6.45) is 5.83. The maximum absolute atomic E-state index is 14.6. The monoisotopic (exact) mass is 439 g/mol. The second-order valence-electron chi connectivity index (χ2n) is 7.83. The molecule has 1 fully saturated rings. The average molecular weight is 440 g/mol. The van der Waals surface area contributed by atoms with E-state index in [2.05, 4.69) is 15.3 Å². The molecule has 1 saturated carbocycles. The molecule has 9 heteroatoms. The highest BCUT2D eigenvalue weighted by atomic mass is 32.2. The number of halogens is 1. The van der Waals surface area contributed by atoms with E-state index in [0.717, 1.165) is 32.1 Å². The van der Waals surface area contributed by atoms with E-state index in [4.69, 9.17) is 11.0 Å². The van der Waals surface area contributed by atoms with Crippen molar-refractivity contribution in [2.45, 2.75) is 42.9 Å². The Morgan fingerprint density at radius 2 is 2.03 bits per heavy atom. The number of carbonyl (C=O) groups is 1. The molecule has 1 aromatic heterocycles. The van der Waals surface area contributed by atoms with Crippen molar-refractivity contribution < 1.29 is 13.4 Å². The van der Waals surface area contributed by atoms with Crippen LogP contribution in [0.25, 0.3) is 0 Å². The zero-order valence-corrected chi connectivity index (χ0v) is 17.6. The van der Waals surface area contributed by atoms with Gasteiger partial charge in [-0.25, -0.2) is 9.37 Å². The molecule has 31 heavy (non-hydrogen) atoms. The molecule has 0 bridgehead atoms. The minimum absolute atomic E-state index is 0.130. The lowest BCUT2D eigenvalue weighted by Gasteiger charge is -2.40. The third kappa shape index (κ3) is 4.08. The van der Waals surface area contributed by atoms with E-state index in [9.17, 15) is 13.4 Å². The second-order valence-corrected chi connectivity index (χ2v) is 9.64. The Bertz CT molecular complexity index is 1100. The van der Waals surface area contributed by atoms with Crippen LogP contribution >= 0.6 is 0 Å². The van der Waals surface area contributed by atoms with Crippen molar-refractivity contribution in [3.8, 4) is 6.07 Å². The summed E-state index contributed by atoms with van der Waals surface area (Å²) in [5.74, 6) is -0.435. The van der Waals surface area contributed by atoms with Gasteiger partial charge in [-0.1, -0.05) is 19.3 Å². The van der Waals surface area contributed by atoms with Crippen LogP contribution in [-0.2, 0) is 10.8 Å². The molecule has 160 valence electrons. The minimum atomic E-state index is -1.25. The van der Waals surface area contributed by atoms with E-state index in [1.807, 2.05) is 6.07 Å². The van der Waals surface area contributed by atoms with E-state index >= 15 is 0 Å². The number of amides is 1. The summed E-state index contributed by atoms with van der Waals surface area (Å²) >= 11 is 0. The van der Waals surface area contributed by atoms with Crippen LogP contribution in [0.2, 0.25) is 0 Å². The van der Waals surface area contributed by atoms with Crippen LogP contribution in [0.4, 0.5) is 10.1 Å². The largest absolute Gasteiger partial charge is 0.386 e. The summed E-state index contributed by atoms with van der Waals surface area (Å²) in [6, 6.07) is 8.39. The van der Waals surface area contributed by atoms with Gasteiger partial charge in [0.15, 0.2) is 0 Å². The summed E-state index contributed by atoms with van der Waals surface area (Å²) < 4.78 is 27.1. The van der Waals surface area contributed by atoms with Crippen molar-refractivity contribution in [3.63, 3.8) is 0 Å². The molecule has 4 rings (SSSR count). The molecule has 0 radical (unpaired) electrons. The Labute approximate surface area is 182 Å². The number of carbonyl (C=O) groups excluding carboxylic acids is 1. The van der Waals surface area contributed by atoms with Crippen LogP contribution in [0, 0.1) is 17.1 Å². The van der Waals surface area contributed by atoms with E-state index in [1.165, 1.54) is 36.5 Å². The van der Waals surface area contributed by atoms with Gasteiger partial charge in [-0.15, -0.1) is 0 Å². The molecule has 7 nitrogen and oxygen atoms in total. The lowest BCUT2D eigenvalue weighted by molar-refractivity contribution is 0.102. The number of nitrogens with two attached hydrogens (primary N) is 1. The van der Waals surface area contributed by atoms with Crippen LogP contribution in [-0.4, -0.2) is 31.4 Å². The fraction of sp³-hybridized carbons (Fsp3) is 0.364. The number of nitriles is 1. The maximum Gasteiger partial charge on any atom is 0.274 e. The first-order valence-electron chi connectivity index (χ1n) is 10.1. The first-order valence-corrected chi connectivity index (χ1v) is 11.4. The van der Waals surface area contributed by atoms with Gasteiger partial charge in [-0.3, -0.25) is 14.0 Å². The molecule has 1 spiro atoms. The van der Waals surface area contributed by atoms with Gasteiger partial charge in [0.25, 0.3) is 5.91 Å². The summed E-state index contributed by atoms with van der Waals surface area (Å²) in [4.78, 5) is 20.9. The van der Waals surface area contributed by atoms with Gasteiger partial charge >= 0.3 is 0 Å². The molecule has 2 heterocycles. The zero-order chi connectivity index (χ0) is 22.0. The summed E-state index contributed by atoms with van der Waals surface area (Å²) in [7, 11) is -1.25. The molecule has 3 N–H and O–H groups in total. The van der Waals surface area contributed by atoms with E-state index in [1.54, 1.807) is 0 Å². The van der Waals surface area contributed by atoms with E-state index in [-0.39, 0.29) is 17.0 Å². The third-order valence-corrected chi connectivity index (χ3v) is 8.01. The van der Waals surface area contributed by atoms with Gasteiger partial charge in [0, 0.05) is 28.2 Å². The number of hydrogen-bond acceptors (Lipinski definition) is 6. The number of aromatic nitrogens is 1. The number of anilines is 1. The lowest BCUT2D eigenvalue weighted by Crippen LogP contribution is -2.53. The molecule has 2 unspecified atom stereocenters. The molecule has 2 aromatic rings. The van der Waals surface area contributed by atoms with Crippen molar-refractivity contribution in [1.29, 1.82) is 5.26 Å². The highest BCUT2D eigenvalue weighted by molar-refractivity contribution is 7.87. The molecular formula is C22H22FN5O2S. The number of hydrogen-bond donors (Lipinski definition) is 2. The predicted octanol–water partition coefficient (Wildman–Crippen LogP) is 3.21. The summed E-state index contributed by atoms with van der Waals surface area (Å²) in [5, 5.41) is 11.5. The number of benzene rings is 1. The van der Waals surface area contributed by atoms with Gasteiger partial charge in [0.05, 0.1) is 17.4 Å². The zero-order valence-electron chi connectivity index (χ0n) is 16.8. The highest BCUT2D eigenvalue weighted by Gasteiger charge is 2.46. The van der Waals surface area contributed by atoms with Crippen LogP contribution in [0.15, 0.2) is 41.5 Å². The molecular weight excluding hydrogens is 417 g/mol. The molecule has 1 aromatic carbocycles. The number of nitrogens with one attached hydrogen (secondary N) is 1. The van der Waals surface area contributed by atoms with Crippen molar-refractivity contribution in [2.24, 2.45) is 10.7 Å². The van der Waals surface area contributed by atoms with Crippen molar-refractivity contribution in [3.05, 3.63) is 59.2 Å². The quantitative estimate of drug-likeness (QED) is 0.761. The normalized spacial score (nSPS) is 22.4. The van der Waals surface area contributed by atoms with Crippen LogP contribution < -0.4 is 11.1 Å². The number of nitrogens with zero attached hydrogens (tertiary/aromatic N) is 3. The summed E-state index contributed by atoms with van der Waals surface area (Å²) in [6.45, 7) is 0. The lowest BCUT2D eigenvalue weighted by atomic mass is 9.87. The molecule has 2 aliphatic rings. The van der Waals surface area contributed by atoms with Gasteiger partial charge in [0.2, 0.25) is 0 Å². The molecule has 2 atom stereocenters. The second kappa shape index (κ2) is 8.55. The van der Waals surface area contributed by atoms with E-state index in [0.29, 0.717) is 17.1 Å². The fourth-order valence-electron chi connectivity index (χ4n) is 4.17. The van der Waals surface area contributed by atoms with Gasteiger partial charge in [-0.2, -0.15) is 5.26 Å². The van der Waals surface area contributed by atoms with Crippen molar-refractivity contribution in [2.75, 3.05) is 11.1 Å². The van der Waals surface area contributed by atoms with Crippen LogP contribution in [0.5, 0.6) is 0 Å². The SMILES string of the molecule is N#Cc1ccc(C(=O)Nc2ccc(F)c(C3CS(=O)C4(CCCCC4)C(N)=N3)c2)nc1. The maximum atomic E-state index is 14.6.